The minimum absolute atomic E-state index is 0.111. The van der Waals surface area contributed by atoms with E-state index in [1.807, 2.05) is 0 Å². The van der Waals surface area contributed by atoms with Crippen LogP contribution in [0, 0.1) is 15.9 Å². The van der Waals surface area contributed by atoms with Gasteiger partial charge >= 0.3 is 0 Å². The maximum atomic E-state index is 14.2. The summed E-state index contributed by atoms with van der Waals surface area (Å²) in [5.74, 6) is -1.25. The first-order valence-corrected chi connectivity index (χ1v) is 8.43. The number of rotatable bonds is 6. The average molecular weight is 371 g/mol. The summed E-state index contributed by atoms with van der Waals surface area (Å²) in [4.78, 5) is 9.14. The van der Waals surface area contributed by atoms with Crippen LogP contribution in [0.2, 0.25) is 5.02 Å². The van der Waals surface area contributed by atoms with E-state index in [4.69, 9.17) is 11.6 Å². The second kappa shape index (κ2) is 6.98. The molecule has 2 aromatic rings. The van der Waals surface area contributed by atoms with Gasteiger partial charge in [-0.05, 0) is 18.2 Å². The normalized spacial score (nSPS) is 11.1. The van der Waals surface area contributed by atoms with Crippen molar-refractivity contribution in [2.24, 2.45) is 0 Å². The van der Waals surface area contributed by atoms with Crippen LogP contribution >= 0.6 is 11.6 Å². The molecule has 9 heteroatoms. The fraction of sp³-hybridized carbons (Fsp3) is 0.0667. The van der Waals surface area contributed by atoms with Gasteiger partial charge in [-0.3, -0.25) is 14.4 Å². The van der Waals surface area contributed by atoms with Gasteiger partial charge in [0.05, 0.1) is 23.2 Å². The number of halogens is 2. The third kappa shape index (κ3) is 3.39. The highest BCUT2D eigenvalue weighted by Gasteiger charge is 2.30. The lowest BCUT2D eigenvalue weighted by Crippen LogP contribution is -2.31. The molecule has 0 unspecified atom stereocenters. The summed E-state index contributed by atoms with van der Waals surface area (Å²) in [6.45, 7) is 3.38. The minimum atomic E-state index is -4.33. The molecule has 2 aromatic carbocycles. The molecule has 0 aromatic heterocycles. The van der Waals surface area contributed by atoms with E-state index in [0.29, 0.717) is 11.8 Å². The Kier molecular flexibility index (Phi) is 5.20. The molecule has 0 heterocycles. The molecular weight excluding hydrogens is 359 g/mol. The van der Waals surface area contributed by atoms with Crippen molar-refractivity contribution < 1.29 is 17.7 Å². The van der Waals surface area contributed by atoms with Gasteiger partial charge in [-0.15, -0.1) is 6.58 Å². The number of para-hydroxylation sites is 1. The van der Waals surface area contributed by atoms with Crippen LogP contribution in [0.4, 0.5) is 15.8 Å². The Hall–Kier alpha value is -2.45. The highest BCUT2D eigenvalue weighted by atomic mass is 35.5. The minimum Gasteiger partial charge on any atom is -0.262 e. The van der Waals surface area contributed by atoms with Crippen LogP contribution in [-0.4, -0.2) is 19.9 Å². The van der Waals surface area contributed by atoms with Crippen LogP contribution in [0.3, 0.4) is 0 Å². The maximum Gasteiger partial charge on any atom is 0.290 e. The number of nitro benzene ring substituents is 1. The number of nitro groups is 1. The lowest BCUT2D eigenvalue weighted by molar-refractivity contribution is -0.384. The molecule has 2 rings (SSSR count). The molecule has 0 saturated heterocycles. The maximum absolute atomic E-state index is 14.2. The predicted octanol–water partition coefficient (Wildman–Crippen LogP) is 3.77. The quantitative estimate of drug-likeness (QED) is 0.440. The zero-order chi connectivity index (χ0) is 17.9. The van der Waals surface area contributed by atoms with Crippen LogP contribution in [0.15, 0.2) is 60.0 Å². The van der Waals surface area contributed by atoms with Gasteiger partial charge in [0.2, 0.25) is 0 Å². The van der Waals surface area contributed by atoms with Gasteiger partial charge in [0.15, 0.2) is 5.82 Å². The summed E-state index contributed by atoms with van der Waals surface area (Å²) in [5.41, 5.74) is -0.408. The lowest BCUT2D eigenvalue weighted by atomic mass is 10.3. The average Bonchev–Trinajstić information content (AvgIpc) is 2.54. The molecule has 0 atom stereocenters. The number of hydrogen-bond acceptors (Lipinski definition) is 4. The molecule has 126 valence electrons. The van der Waals surface area contributed by atoms with Crippen LogP contribution < -0.4 is 4.31 Å². The third-order valence-electron chi connectivity index (χ3n) is 3.11. The summed E-state index contributed by atoms with van der Waals surface area (Å²) < 4.78 is 40.7. The van der Waals surface area contributed by atoms with Crippen LogP contribution in [0.25, 0.3) is 0 Å². The number of sulfonamides is 1. The van der Waals surface area contributed by atoms with E-state index in [9.17, 15) is 22.9 Å². The van der Waals surface area contributed by atoms with E-state index in [2.05, 4.69) is 6.58 Å². The zero-order valence-corrected chi connectivity index (χ0v) is 13.8. The van der Waals surface area contributed by atoms with E-state index >= 15 is 0 Å². The number of benzene rings is 2. The van der Waals surface area contributed by atoms with Crippen LogP contribution in [0.1, 0.15) is 0 Å². The molecule has 0 bridgehead atoms. The van der Waals surface area contributed by atoms with E-state index in [-0.39, 0.29) is 6.54 Å². The second-order valence-electron chi connectivity index (χ2n) is 4.65. The molecule has 0 aliphatic heterocycles. The molecule has 6 nitrogen and oxygen atoms in total. The van der Waals surface area contributed by atoms with Crippen molar-refractivity contribution in [1.82, 2.24) is 0 Å². The fourth-order valence-electron chi connectivity index (χ4n) is 2.03. The summed E-state index contributed by atoms with van der Waals surface area (Å²) in [5, 5.41) is 10.3. The van der Waals surface area contributed by atoms with Gasteiger partial charge in [0.1, 0.15) is 9.92 Å². The Labute approximate surface area is 143 Å². The molecule has 0 aliphatic rings. The summed E-state index contributed by atoms with van der Waals surface area (Å²) >= 11 is 5.72. The monoisotopic (exact) mass is 370 g/mol. The van der Waals surface area contributed by atoms with Crippen molar-refractivity contribution in [3.05, 3.63) is 76.1 Å². The molecule has 0 fully saturated rings. The molecule has 0 amide bonds. The van der Waals surface area contributed by atoms with E-state index in [1.165, 1.54) is 18.2 Å². The number of nitrogens with zero attached hydrogens (tertiary/aromatic N) is 2. The Morgan fingerprint density at radius 1 is 1.29 bits per heavy atom. The molecular formula is C15H12ClFN2O4S. The first-order chi connectivity index (χ1) is 11.3. The molecule has 24 heavy (non-hydrogen) atoms. The van der Waals surface area contributed by atoms with E-state index in [1.54, 1.807) is 18.2 Å². The van der Waals surface area contributed by atoms with E-state index in [0.717, 1.165) is 10.4 Å². The first-order valence-electron chi connectivity index (χ1n) is 6.61. The first kappa shape index (κ1) is 17.9. The summed E-state index contributed by atoms with van der Waals surface area (Å²) in [6.07, 6.45) is 1.34. The van der Waals surface area contributed by atoms with Crippen LogP contribution in [-0.2, 0) is 10.0 Å². The summed E-state index contributed by atoms with van der Waals surface area (Å²) in [6, 6.07) is 9.25. The van der Waals surface area contributed by atoms with Crippen molar-refractivity contribution in [3.8, 4) is 0 Å². The highest BCUT2D eigenvalue weighted by Crippen LogP contribution is 2.32. The van der Waals surface area contributed by atoms with Crippen molar-refractivity contribution in [2.75, 3.05) is 10.8 Å². The van der Waals surface area contributed by atoms with Crippen molar-refractivity contribution >= 4 is 33.0 Å². The highest BCUT2D eigenvalue weighted by molar-refractivity contribution is 7.92. The molecule has 0 saturated carbocycles. The van der Waals surface area contributed by atoms with Gasteiger partial charge in [0.25, 0.3) is 15.7 Å². The van der Waals surface area contributed by atoms with Gasteiger partial charge in [-0.2, -0.15) is 0 Å². The Morgan fingerprint density at radius 2 is 1.92 bits per heavy atom. The largest absolute Gasteiger partial charge is 0.290 e. The topological polar surface area (TPSA) is 80.5 Å². The molecule has 0 N–H and O–H groups in total. The smallest absolute Gasteiger partial charge is 0.262 e. The standard InChI is InChI=1S/C15H12ClFN2O4S/c1-2-8-18(11-6-4-3-5-7-11)24(22,23)15-9-12(16)14(19(20)21)10-13(15)17/h2-7,9-10H,1,8H2. The lowest BCUT2D eigenvalue weighted by Gasteiger charge is -2.23. The number of anilines is 1. The molecule has 0 radical (unpaired) electrons. The van der Waals surface area contributed by atoms with Gasteiger partial charge in [-0.25, -0.2) is 12.8 Å². The van der Waals surface area contributed by atoms with Gasteiger partial charge in [-0.1, -0.05) is 35.9 Å². The second-order valence-corrected chi connectivity index (χ2v) is 6.89. The Morgan fingerprint density at radius 3 is 2.46 bits per heavy atom. The van der Waals surface area contributed by atoms with Crippen LogP contribution in [0.5, 0.6) is 0 Å². The molecule has 0 spiro atoms. The Balaban J connectivity index is 2.62. The van der Waals surface area contributed by atoms with Crippen molar-refractivity contribution in [2.45, 2.75) is 4.90 Å². The Bertz CT molecular complexity index is 888. The SMILES string of the molecule is C=CCN(c1ccccc1)S(=O)(=O)c1cc(Cl)c([N+](=O)[O-])cc1F. The van der Waals surface area contributed by atoms with Crippen molar-refractivity contribution in [1.29, 1.82) is 0 Å². The fourth-order valence-corrected chi connectivity index (χ4v) is 3.84. The molecule has 0 aliphatic carbocycles. The number of hydrogen-bond donors (Lipinski definition) is 0. The predicted molar refractivity (Wildman–Crippen MR) is 89.2 cm³/mol. The third-order valence-corrected chi connectivity index (χ3v) is 5.22. The van der Waals surface area contributed by atoms with Gasteiger partial charge in [0, 0.05) is 0 Å². The van der Waals surface area contributed by atoms with Crippen molar-refractivity contribution in [3.63, 3.8) is 0 Å². The zero-order valence-electron chi connectivity index (χ0n) is 12.2. The van der Waals surface area contributed by atoms with E-state index < -0.39 is 36.4 Å². The summed E-state index contributed by atoms with van der Waals surface area (Å²) in [7, 11) is -4.33. The van der Waals surface area contributed by atoms with Gasteiger partial charge < -0.3 is 0 Å².